The topological polar surface area (TPSA) is 26.0 Å². The molecule has 0 saturated heterocycles. The molecule has 2 rings (SSSR count). The third-order valence-electron chi connectivity index (χ3n) is 3.07. The number of benzene rings is 2. The van der Waals surface area contributed by atoms with Gasteiger partial charge in [-0.1, -0.05) is 41.4 Å². The molecule has 0 aromatic heterocycles. The number of hydrogen-bond donors (Lipinski definition) is 1. The first-order valence-corrected chi connectivity index (χ1v) is 6.75. The van der Waals surface area contributed by atoms with E-state index in [0.717, 1.165) is 11.1 Å². The molecule has 0 radical (unpaired) electrons. The largest absolute Gasteiger partial charge is 0.330 e. The van der Waals surface area contributed by atoms with Crippen molar-refractivity contribution in [1.82, 2.24) is 0 Å². The highest BCUT2D eigenvalue weighted by molar-refractivity contribution is 6.31. The van der Waals surface area contributed by atoms with Crippen LogP contribution in [0.15, 0.2) is 42.5 Å². The monoisotopic (exact) mass is 297 g/mol. The molecule has 1 atom stereocenters. The average Bonchev–Trinajstić information content (AvgIpc) is 2.40. The third-order valence-corrected chi connectivity index (χ3v) is 3.60. The van der Waals surface area contributed by atoms with Gasteiger partial charge in [-0.3, -0.25) is 0 Å². The lowest BCUT2D eigenvalue weighted by molar-refractivity contribution is 0.625. The smallest absolute Gasteiger partial charge is 0.141 e. The molecule has 19 heavy (non-hydrogen) atoms. The van der Waals surface area contributed by atoms with E-state index in [0.29, 0.717) is 18.0 Å². The van der Waals surface area contributed by atoms with Crippen LogP contribution >= 0.6 is 23.2 Å². The quantitative estimate of drug-likeness (QED) is 0.888. The molecule has 0 saturated carbocycles. The van der Waals surface area contributed by atoms with Gasteiger partial charge in [0.25, 0.3) is 0 Å². The second-order valence-corrected chi connectivity index (χ2v) is 5.28. The number of rotatable bonds is 4. The maximum Gasteiger partial charge on any atom is 0.141 e. The van der Waals surface area contributed by atoms with Crippen LogP contribution in [0.25, 0.3) is 0 Å². The number of hydrogen-bond acceptors (Lipinski definition) is 1. The van der Waals surface area contributed by atoms with Crippen LogP contribution in [0.2, 0.25) is 10.0 Å². The van der Waals surface area contributed by atoms with Crippen LogP contribution in [-0.2, 0) is 6.42 Å². The fourth-order valence-electron chi connectivity index (χ4n) is 2.05. The highest BCUT2D eigenvalue weighted by Gasteiger charge is 2.12. The van der Waals surface area contributed by atoms with Gasteiger partial charge in [0.05, 0.1) is 5.02 Å². The van der Waals surface area contributed by atoms with Gasteiger partial charge in [0.15, 0.2) is 0 Å². The molecule has 2 aromatic carbocycles. The Kier molecular flexibility index (Phi) is 4.81. The Bertz CT molecular complexity index is 572. The lowest BCUT2D eigenvalue weighted by Gasteiger charge is -2.16. The zero-order valence-corrected chi connectivity index (χ0v) is 11.8. The first-order valence-electron chi connectivity index (χ1n) is 5.99. The van der Waals surface area contributed by atoms with E-state index in [1.165, 1.54) is 6.07 Å². The van der Waals surface area contributed by atoms with Gasteiger partial charge in [0.2, 0.25) is 0 Å². The Labute approximate surface area is 122 Å². The molecule has 0 fully saturated rings. The second kappa shape index (κ2) is 6.38. The maximum atomic E-state index is 13.1. The Morgan fingerprint density at radius 2 is 1.89 bits per heavy atom. The highest BCUT2D eigenvalue weighted by atomic mass is 35.5. The van der Waals surface area contributed by atoms with Gasteiger partial charge < -0.3 is 5.73 Å². The van der Waals surface area contributed by atoms with Crippen molar-refractivity contribution in [3.05, 3.63) is 69.5 Å². The van der Waals surface area contributed by atoms with Crippen molar-refractivity contribution in [2.24, 2.45) is 5.73 Å². The van der Waals surface area contributed by atoms with E-state index in [-0.39, 0.29) is 10.9 Å². The summed E-state index contributed by atoms with van der Waals surface area (Å²) in [6, 6.07) is 12.4. The van der Waals surface area contributed by atoms with Gasteiger partial charge in [-0.05, 0) is 48.4 Å². The molecule has 2 N–H and O–H groups in total. The molecule has 0 heterocycles. The summed E-state index contributed by atoms with van der Waals surface area (Å²) in [5.74, 6) is -0.266. The van der Waals surface area contributed by atoms with Crippen molar-refractivity contribution in [3.63, 3.8) is 0 Å². The lowest BCUT2D eigenvalue weighted by atomic mass is 9.92. The molecule has 0 aliphatic rings. The molecule has 0 aliphatic carbocycles. The SMILES string of the molecule is NCC(Cc1ccc(F)c(Cl)c1)c1cccc(Cl)c1. The van der Waals surface area contributed by atoms with Crippen molar-refractivity contribution in [2.45, 2.75) is 12.3 Å². The highest BCUT2D eigenvalue weighted by Crippen LogP contribution is 2.24. The summed E-state index contributed by atoms with van der Waals surface area (Å²) in [5.41, 5.74) is 7.86. The van der Waals surface area contributed by atoms with E-state index in [1.54, 1.807) is 12.1 Å². The molecule has 100 valence electrons. The summed E-state index contributed by atoms with van der Waals surface area (Å²) < 4.78 is 13.1. The van der Waals surface area contributed by atoms with Crippen LogP contribution in [-0.4, -0.2) is 6.54 Å². The van der Waals surface area contributed by atoms with Crippen molar-refractivity contribution >= 4 is 23.2 Å². The minimum atomic E-state index is -0.405. The van der Waals surface area contributed by atoms with Crippen molar-refractivity contribution in [1.29, 1.82) is 0 Å². The zero-order valence-electron chi connectivity index (χ0n) is 10.2. The van der Waals surface area contributed by atoms with Crippen LogP contribution in [0.1, 0.15) is 17.0 Å². The lowest BCUT2D eigenvalue weighted by Crippen LogP contribution is -2.15. The fraction of sp³-hybridized carbons (Fsp3) is 0.200. The van der Waals surface area contributed by atoms with Gasteiger partial charge in [-0.25, -0.2) is 4.39 Å². The normalized spacial score (nSPS) is 12.4. The summed E-state index contributed by atoms with van der Waals surface area (Å²) in [5, 5.41) is 0.826. The zero-order chi connectivity index (χ0) is 13.8. The third kappa shape index (κ3) is 3.69. The Hall–Kier alpha value is -1.09. The van der Waals surface area contributed by atoms with Gasteiger partial charge >= 0.3 is 0 Å². The van der Waals surface area contributed by atoms with Crippen molar-refractivity contribution in [3.8, 4) is 0 Å². The van der Waals surface area contributed by atoms with E-state index in [9.17, 15) is 4.39 Å². The predicted molar refractivity (Wildman–Crippen MR) is 78.4 cm³/mol. The molecular formula is C15H14Cl2FN. The van der Waals surface area contributed by atoms with Crippen LogP contribution in [0.3, 0.4) is 0 Å². The Morgan fingerprint density at radius 3 is 2.53 bits per heavy atom. The van der Waals surface area contributed by atoms with Crippen LogP contribution < -0.4 is 5.73 Å². The van der Waals surface area contributed by atoms with Gasteiger partial charge in [0, 0.05) is 10.9 Å². The molecular weight excluding hydrogens is 284 g/mol. The Balaban J connectivity index is 2.21. The van der Waals surface area contributed by atoms with Crippen LogP contribution in [0, 0.1) is 5.82 Å². The van der Waals surface area contributed by atoms with Gasteiger partial charge in [-0.15, -0.1) is 0 Å². The second-order valence-electron chi connectivity index (χ2n) is 4.44. The van der Waals surface area contributed by atoms with Gasteiger partial charge in [-0.2, -0.15) is 0 Å². The molecule has 0 aliphatic heterocycles. The molecule has 2 aromatic rings. The fourth-order valence-corrected chi connectivity index (χ4v) is 2.45. The van der Waals surface area contributed by atoms with Crippen LogP contribution in [0.5, 0.6) is 0 Å². The minimum Gasteiger partial charge on any atom is -0.330 e. The van der Waals surface area contributed by atoms with E-state index in [2.05, 4.69) is 0 Å². The summed E-state index contributed by atoms with van der Waals surface area (Å²) in [7, 11) is 0. The molecule has 1 unspecified atom stereocenters. The predicted octanol–water partition coefficient (Wildman–Crippen LogP) is 4.42. The number of halogens is 3. The molecule has 0 bridgehead atoms. The summed E-state index contributed by atoms with van der Waals surface area (Å²) in [4.78, 5) is 0. The van der Waals surface area contributed by atoms with E-state index < -0.39 is 5.82 Å². The maximum absolute atomic E-state index is 13.1. The van der Waals surface area contributed by atoms with E-state index in [4.69, 9.17) is 28.9 Å². The molecule has 0 spiro atoms. The molecule has 4 heteroatoms. The van der Waals surface area contributed by atoms with Crippen molar-refractivity contribution in [2.75, 3.05) is 6.54 Å². The van der Waals surface area contributed by atoms with Crippen LogP contribution in [0.4, 0.5) is 4.39 Å². The summed E-state index contributed by atoms with van der Waals surface area (Å²) >= 11 is 11.8. The minimum absolute atomic E-state index is 0.138. The molecule has 1 nitrogen and oxygen atoms in total. The van der Waals surface area contributed by atoms with Crippen molar-refractivity contribution < 1.29 is 4.39 Å². The molecule has 0 amide bonds. The first kappa shape index (κ1) is 14.3. The Morgan fingerprint density at radius 1 is 1.11 bits per heavy atom. The van der Waals surface area contributed by atoms with Gasteiger partial charge in [0.1, 0.15) is 5.82 Å². The summed E-state index contributed by atoms with van der Waals surface area (Å²) in [6.45, 7) is 0.495. The van der Waals surface area contributed by atoms with E-state index in [1.807, 2.05) is 24.3 Å². The first-order chi connectivity index (χ1) is 9.10. The summed E-state index contributed by atoms with van der Waals surface area (Å²) in [6.07, 6.45) is 0.705. The van der Waals surface area contributed by atoms with E-state index >= 15 is 0 Å². The average molecular weight is 298 g/mol. The number of nitrogens with two attached hydrogens (primary N) is 1. The standard InChI is InChI=1S/C15H14Cl2FN/c16-13-3-1-2-11(8-13)12(9-19)6-10-4-5-15(18)14(17)7-10/h1-5,7-8,12H,6,9,19H2.